The number of rotatable bonds is 55. The highest BCUT2D eigenvalue weighted by Crippen LogP contribution is 2.15. The van der Waals surface area contributed by atoms with Crippen molar-refractivity contribution in [1.82, 2.24) is 0 Å². The fraction of sp³-hybridized carbons (Fsp3) is 0.643. The van der Waals surface area contributed by atoms with Gasteiger partial charge in [0.05, 0.1) is 0 Å². The lowest BCUT2D eigenvalue weighted by atomic mass is 10.0. The SMILES string of the molecule is CC/C=C\C/C=C\C/C=C\C/C=C\C/C=C\C/C=C\CCCCCCCCCCC(=O)OCC(COC(=O)CCCCCCCCCCCCCCCC)OC(=O)CCC/C=C\C/C=C\C/C=C\C/C=C\C/C=C\CC. The minimum Gasteiger partial charge on any atom is -0.462 e. The van der Waals surface area contributed by atoms with E-state index in [4.69, 9.17) is 14.2 Å². The Balaban J connectivity index is 4.42. The third-order valence-corrected chi connectivity index (χ3v) is 12.9. The fourth-order valence-electron chi connectivity index (χ4n) is 8.31. The molecule has 0 saturated carbocycles. The monoisotopic (exact) mass is 1050 g/mol. The van der Waals surface area contributed by atoms with Gasteiger partial charge in [-0.1, -0.05) is 276 Å². The summed E-state index contributed by atoms with van der Waals surface area (Å²) in [7, 11) is 0. The number of hydrogen-bond acceptors (Lipinski definition) is 6. The summed E-state index contributed by atoms with van der Waals surface area (Å²) in [5, 5.41) is 0. The molecule has 0 aliphatic carbocycles. The molecular formula is C70H114O6. The molecule has 430 valence electrons. The molecule has 0 bridgehead atoms. The number of allylic oxidation sites excluding steroid dienone is 22. The van der Waals surface area contributed by atoms with Gasteiger partial charge in [0.1, 0.15) is 13.2 Å². The van der Waals surface area contributed by atoms with E-state index < -0.39 is 6.10 Å². The Morgan fingerprint density at radius 1 is 0.276 bits per heavy atom. The summed E-state index contributed by atoms with van der Waals surface area (Å²) >= 11 is 0. The van der Waals surface area contributed by atoms with Gasteiger partial charge < -0.3 is 14.2 Å². The summed E-state index contributed by atoms with van der Waals surface area (Å²) in [4.78, 5) is 38.2. The standard InChI is InChI=1S/C70H114O6/c1-4-7-10-13-16-19-22-25-28-30-31-32-33-34-35-36-37-38-39-41-42-45-48-51-54-57-60-63-69(72)75-66-67(65-74-68(71)62-59-56-53-50-47-44-27-24-21-18-15-12-9-6-3)76-70(73)64-61-58-55-52-49-46-43-40-29-26-23-20-17-14-11-8-5-2/h7-8,10-11,16-17,19-20,25-26,28-29,31-32,34-35,37-38,43,46,52,55,67H,4-6,9,12-15,18,21-24,27,30,33,36,39-42,44-45,47-51,53-54,56-66H2,1-3H3/b10-7-,11-8-,19-16-,20-17-,28-25-,29-26-,32-31-,35-34-,38-37-,46-43-,55-52-. The average molecular weight is 1050 g/mol. The molecule has 0 fully saturated rings. The molecule has 1 atom stereocenters. The van der Waals surface area contributed by atoms with Gasteiger partial charge >= 0.3 is 17.9 Å². The van der Waals surface area contributed by atoms with Gasteiger partial charge in [-0.05, 0) is 109 Å². The Morgan fingerprint density at radius 3 is 0.842 bits per heavy atom. The molecular weight excluding hydrogens is 937 g/mol. The molecule has 0 aliphatic rings. The molecule has 0 heterocycles. The second-order valence-electron chi connectivity index (χ2n) is 20.2. The van der Waals surface area contributed by atoms with Gasteiger partial charge in [-0.25, -0.2) is 0 Å². The molecule has 0 aromatic carbocycles. The first-order chi connectivity index (χ1) is 37.5. The van der Waals surface area contributed by atoms with Crippen molar-refractivity contribution >= 4 is 17.9 Å². The topological polar surface area (TPSA) is 78.9 Å². The Labute approximate surface area is 468 Å². The number of hydrogen-bond donors (Lipinski definition) is 0. The van der Waals surface area contributed by atoms with E-state index in [1.807, 2.05) is 0 Å². The van der Waals surface area contributed by atoms with Crippen LogP contribution < -0.4 is 0 Å². The van der Waals surface area contributed by atoms with Gasteiger partial charge in [0, 0.05) is 19.3 Å². The van der Waals surface area contributed by atoms with E-state index in [0.717, 1.165) is 122 Å². The molecule has 0 aromatic rings. The summed E-state index contributed by atoms with van der Waals surface area (Å²) in [6.45, 7) is 6.37. The minimum absolute atomic E-state index is 0.105. The van der Waals surface area contributed by atoms with E-state index in [0.29, 0.717) is 19.3 Å². The molecule has 0 rings (SSSR count). The second kappa shape index (κ2) is 63.1. The molecule has 0 spiro atoms. The highest BCUT2D eigenvalue weighted by atomic mass is 16.6. The minimum atomic E-state index is -0.815. The van der Waals surface area contributed by atoms with E-state index in [2.05, 4.69) is 154 Å². The van der Waals surface area contributed by atoms with Gasteiger partial charge in [-0.15, -0.1) is 0 Å². The van der Waals surface area contributed by atoms with Crippen LogP contribution in [0.15, 0.2) is 134 Å². The maximum atomic E-state index is 12.9. The number of carbonyl (C=O) groups is 3. The molecule has 6 nitrogen and oxygen atoms in total. The zero-order valence-corrected chi connectivity index (χ0v) is 49.2. The summed E-state index contributed by atoms with van der Waals surface area (Å²) in [6, 6.07) is 0. The van der Waals surface area contributed by atoms with Crippen LogP contribution in [0.3, 0.4) is 0 Å². The van der Waals surface area contributed by atoms with Crippen molar-refractivity contribution in [1.29, 1.82) is 0 Å². The van der Waals surface area contributed by atoms with E-state index >= 15 is 0 Å². The van der Waals surface area contributed by atoms with Gasteiger partial charge in [0.15, 0.2) is 6.10 Å². The average Bonchev–Trinajstić information content (AvgIpc) is 3.42. The van der Waals surface area contributed by atoms with Crippen LogP contribution in [0.1, 0.15) is 271 Å². The van der Waals surface area contributed by atoms with E-state index in [-0.39, 0.29) is 37.5 Å². The maximum Gasteiger partial charge on any atom is 0.306 e. The molecule has 0 aliphatic heterocycles. The zero-order chi connectivity index (χ0) is 55.0. The van der Waals surface area contributed by atoms with Crippen LogP contribution >= 0.6 is 0 Å². The summed E-state index contributed by atoms with van der Waals surface area (Å²) < 4.78 is 16.8. The Kier molecular flexibility index (Phi) is 59.4. The summed E-state index contributed by atoms with van der Waals surface area (Å²) in [5.41, 5.74) is 0. The van der Waals surface area contributed by atoms with Crippen molar-refractivity contribution in [2.24, 2.45) is 0 Å². The highest BCUT2D eigenvalue weighted by Gasteiger charge is 2.19. The Hall–Kier alpha value is -4.45. The quantitative estimate of drug-likeness (QED) is 0.0261. The predicted octanol–water partition coefficient (Wildman–Crippen LogP) is 21.4. The Bertz CT molecular complexity index is 1630. The van der Waals surface area contributed by atoms with E-state index in [9.17, 15) is 14.4 Å². The van der Waals surface area contributed by atoms with Gasteiger partial charge in [0.25, 0.3) is 0 Å². The summed E-state index contributed by atoms with van der Waals surface area (Å²) in [5.74, 6) is -0.970. The van der Waals surface area contributed by atoms with Crippen molar-refractivity contribution in [2.45, 2.75) is 277 Å². The van der Waals surface area contributed by atoms with E-state index in [1.54, 1.807) is 0 Å². The van der Waals surface area contributed by atoms with Crippen LogP contribution in [-0.2, 0) is 28.6 Å². The maximum absolute atomic E-state index is 12.9. The predicted molar refractivity (Wildman–Crippen MR) is 329 cm³/mol. The van der Waals surface area contributed by atoms with Crippen molar-refractivity contribution in [3.05, 3.63) is 134 Å². The molecule has 6 heteroatoms. The number of esters is 3. The zero-order valence-electron chi connectivity index (χ0n) is 49.2. The van der Waals surface area contributed by atoms with Crippen LogP contribution in [-0.4, -0.2) is 37.2 Å². The third kappa shape index (κ3) is 60.4. The van der Waals surface area contributed by atoms with Crippen molar-refractivity contribution < 1.29 is 28.6 Å². The first-order valence-corrected chi connectivity index (χ1v) is 31.2. The molecule has 0 amide bonds. The first-order valence-electron chi connectivity index (χ1n) is 31.2. The summed E-state index contributed by atoms with van der Waals surface area (Å²) in [6.07, 6.45) is 88.8. The van der Waals surface area contributed by atoms with Crippen LogP contribution in [0.4, 0.5) is 0 Å². The van der Waals surface area contributed by atoms with Gasteiger partial charge in [0.2, 0.25) is 0 Å². The lowest BCUT2D eigenvalue weighted by Crippen LogP contribution is -2.30. The van der Waals surface area contributed by atoms with Crippen molar-refractivity contribution in [3.63, 3.8) is 0 Å². The molecule has 76 heavy (non-hydrogen) atoms. The first kappa shape index (κ1) is 71.5. The second-order valence-corrected chi connectivity index (χ2v) is 20.2. The van der Waals surface area contributed by atoms with Crippen LogP contribution in [0.5, 0.6) is 0 Å². The Morgan fingerprint density at radius 2 is 0.526 bits per heavy atom. The number of carbonyl (C=O) groups excluding carboxylic acids is 3. The molecule has 0 radical (unpaired) electrons. The van der Waals surface area contributed by atoms with Crippen LogP contribution in [0.25, 0.3) is 0 Å². The third-order valence-electron chi connectivity index (χ3n) is 12.9. The lowest BCUT2D eigenvalue weighted by molar-refractivity contribution is -0.167. The van der Waals surface area contributed by atoms with Crippen LogP contribution in [0.2, 0.25) is 0 Å². The van der Waals surface area contributed by atoms with Crippen molar-refractivity contribution in [2.75, 3.05) is 13.2 Å². The fourth-order valence-corrected chi connectivity index (χ4v) is 8.31. The highest BCUT2D eigenvalue weighted by molar-refractivity contribution is 5.71. The normalized spacial score (nSPS) is 13.0. The number of ether oxygens (including phenoxy) is 3. The molecule has 0 saturated heterocycles. The van der Waals surface area contributed by atoms with Gasteiger partial charge in [-0.3, -0.25) is 14.4 Å². The van der Waals surface area contributed by atoms with Gasteiger partial charge in [-0.2, -0.15) is 0 Å². The molecule has 0 N–H and O–H groups in total. The van der Waals surface area contributed by atoms with E-state index in [1.165, 1.54) is 103 Å². The smallest absolute Gasteiger partial charge is 0.306 e. The number of unbranched alkanes of at least 4 members (excludes halogenated alkanes) is 22. The molecule has 1 unspecified atom stereocenters. The lowest BCUT2D eigenvalue weighted by Gasteiger charge is -2.18. The van der Waals surface area contributed by atoms with Crippen molar-refractivity contribution in [3.8, 4) is 0 Å². The van der Waals surface area contributed by atoms with Crippen LogP contribution in [0, 0.1) is 0 Å². The molecule has 0 aromatic heterocycles. The largest absolute Gasteiger partial charge is 0.462 e.